The molecule has 0 fully saturated rings. The van der Waals surface area contributed by atoms with E-state index in [1.165, 1.54) is 6.08 Å². The van der Waals surface area contributed by atoms with Crippen LogP contribution in [-0.2, 0) is 13.2 Å². The van der Waals surface area contributed by atoms with Gasteiger partial charge in [0.2, 0.25) is 0 Å². The number of halogens is 1. The van der Waals surface area contributed by atoms with Crippen molar-refractivity contribution >= 4 is 27.8 Å². The van der Waals surface area contributed by atoms with Crippen LogP contribution in [0.15, 0.2) is 57.6 Å². The summed E-state index contributed by atoms with van der Waals surface area (Å²) in [6, 6.07) is 11.3. The van der Waals surface area contributed by atoms with E-state index in [1.807, 2.05) is 50.2 Å². The highest BCUT2D eigenvalue weighted by molar-refractivity contribution is 9.10. The second kappa shape index (κ2) is 8.19. The summed E-state index contributed by atoms with van der Waals surface area (Å²) in [5, 5.41) is 4.19. The lowest BCUT2D eigenvalue weighted by Gasteiger charge is -2.05. The van der Waals surface area contributed by atoms with Crippen molar-refractivity contribution in [3.8, 4) is 5.75 Å². The molecule has 0 aliphatic heterocycles. The van der Waals surface area contributed by atoms with Gasteiger partial charge in [-0.15, -0.1) is 0 Å². The van der Waals surface area contributed by atoms with Crippen molar-refractivity contribution in [2.75, 3.05) is 0 Å². The lowest BCUT2D eigenvalue weighted by Crippen LogP contribution is -2.01. The lowest BCUT2D eigenvalue weighted by atomic mass is 10.1. The number of aromatic nitrogens is 2. The first-order chi connectivity index (χ1) is 12.6. The van der Waals surface area contributed by atoms with Gasteiger partial charge in [-0.05, 0) is 66.2 Å². The van der Waals surface area contributed by atoms with Crippen molar-refractivity contribution in [3.63, 3.8) is 0 Å². The van der Waals surface area contributed by atoms with E-state index in [9.17, 15) is 4.79 Å². The normalized spacial score (nSPS) is 11.2. The number of para-hydroxylation sites is 1. The van der Waals surface area contributed by atoms with Crippen LogP contribution in [0.25, 0.3) is 6.08 Å². The summed E-state index contributed by atoms with van der Waals surface area (Å²) in [6.45, 7) is 4.93. The van der Waals surface area contributed by atoms with Gasteiger partial charge in [0, 0.05) is 12.2 Å². The number of nitrogens with zero attached hydrogens (tertiary/aromatic N) is 2. The monoisotopic (exact) mass is 414 g/mol. The minimum absolute atomic E-state index is 0.0929. The Balaban J connectivity index is 1.62. The Labute approximate surface area is 160 Å². The number of allylic oxidation sites excluding steroid dienone is 1. The Morgan fingerprint density at radius 2 is 2.12 bits per heavy atom. The first-order valence-electron chi connectivity index (χ1n) is 8.29. The predicted molar refractivity (Wildman–Crippen MR) is 103 cm³/mol. The number of benzene rings is 1. The molecule has 0 atom stereocenters. The van der Waals surface area contributed by atoms with E-state index in [4.69, 9.17) is 9.15 Å². The molecule has 3 aromatic rings. The number of rotatable bonds is 7. The van der Waals surface area contributed by atoms with Crippen LogP contribution in [0.2, 0.25) is 0 Å². The third kappa shape index (κ3) is 4.14. The number of ketones is 1. The Kier molecular flexibility index (Phi) is 5.73. The average Bonchev–Trinajstić information content (AvgIpc) is 3.25. The molecule has 0 unspecified atom stereocenters. The highest BCUT2D eigenvalue weighted by Crippen LogP contribution is 2.25. The first kappa shape index (κ1) is 18.2. The zero-order chi connectivity index (χ0) is 18.5. The molecule has 134 valence electrons. The topological polar surface area (TPSA) is 57.3 Å². The zero-order valence-electron chi connectivity index (χ0n) is 14.6. The molecular formula is C20H19BrN2O3. The lowest BCUT2D eigenvalue weighted by molar-refractivity contribution is 0.104. The Morgan fingerprint density at radius 3 is 2.85 bits per heavy atom. The van der Waals surface area contributed by atoms with E-state index in [2.05, 4.69) is 21.0 Å². The zero-order valence-corrected chi connectivity index (χ0v) is 16.2. The molecule has 0 radical (unpaired) electrons. The number of furan rings is 1. The fourth-order valence-electron chi connectivity index (χ4n) is 2.53. The molecule has 26 heavy (non-hydrogen) atoms. The fourth-order valence-corrected chi connectivity index (χ4v) is 2.93. The average molecular weight is 415 g/mol. The predicted octanol–water partition coefficient (Wildman–Crippen LogP) is 5.04. The molecule has 2 heterocycles. The maximum absolute atomic E-state index is 12.3. The quantitative estimate of drug-likeness (QED) is 0.401. The van der Waals surface area contributed by atoms with Gasteiger partial charge in [0.1, 0.15) is 23.9 Å². The molecule has 0 N–H and O–H groups in total. The van der Waals surface area contributed by atoms with Crippen molar-refractivity contribution in [2.24, 2.45) is 0 Å². The van der Waals surface area contributed by atoms with Gasteiger partial charge in [-0.25, -0.2) is 0 Å². The molecule has 0 saturated heterocycles. The molecular weight excluding hydrogens is 396 g/mol. The van der Waals surface area contributed by atoms with E-state index in [0.29, 0.717) is 23.7 Å². The molecule has 0 aliphatic rings. The van der Waals surface area contributed by atoms with Crippen LogP contribution < -0.4 is 4.74 Å². The van der Waals surface area contributed by atoms with Crippen molar-refractivity contribution in [1.29, 1.82) is 0 Å². The molecule has 0 amide bonds. The third-order valence-electron chi connectivity index (χ3n) is 3.96. The second-order valence-corrected chi connectivity index (χ2v) is 6.53. The molecule has 5 nitrogen and oxygen atoms in total. The summed E-state index contributed by atoms with van der Waals surface area (Å²) >= 11 is 3.44. The van der Waals surface area contributed by atoms with E-state index in [1.54, 1.807) is 17.0 Å². The summed E-state index contributed by atoms with van der Waals surface area (Å²) in [4.78, 5) is 12.3. The van der Waals surface area contributed by atoms with E-state index >= 15 is 0 Å². The number of hydrogen-bond donors (Lipinski definition) is 0. The van der Waals surface area contributed by atoms with Crippen molar-refractivity contribution in [2.45, 2.75) is 27.0 Å². The van der Waals surface area contributed by atoms with Gasteiger partial charge in [-0.2, -0.15) is 5.10 Å². The van der Waals surface area contributed by atoms with E-state index < -0.39 is 0 Å². The number of carbonyl (C=O) groups excluding carboxylic acids is 1. The van der Waals surface area contributed by atoms with Crippen molar-refractivity contribution in [1.82, 2.24) is 9.78 Å². The Bertz CT molecular complexity index is 940. The maximum atomic E-state index is 12.3. The summed E-state index contributed by atoms with van der Waals surface area (Å²) in [5.74, 6) is 1.94. The highest BCUT2D eigenvalue weighted by atomic mass is 79.9. The van der Waals surface area contributed by atoms with Gasteiger partial charge in [-0.3, -0.25) is 9.48 Å². The van der Waals surface area contributed by atoms with Gasteiger partial charge < -0.3 is 9.15 Å². The van der Waals surface area contributed by atoms with Crippen LogP contribution >= 0.6 is 15.9 Å². The number of hydrogen-bond acceptors (Lipinski definition) is 4. The van der Waals surface area contributed by atoms with Gasteiger partial charge in [0.15, 0.2) is 5.78 Å². The molecule has 6 heteroatoms. The Hall–Kier alpha value is -2.60. The largest absolute Gasteiger partial charge is 0.484 e. The summed E-state index contributed by atoms with van der Waals surface area (Å²) < 4.78 is 14.1. The van der Waals surface area contributed by atoms with Gasteiger partial charge in [0.05, 0.1) is 16.2 Å². The van der Waals surface area contributed by atoms with Crippen LogP contribution in [0.3, 0.4) is 0 Å². The van der Waals surface area contributed by atoms with E-state index in [0.717, 1.165) is 22.5 Å². The first-order valence-corrected chi connectivity index (χ1v) is 9.08. The van der Waals surface area contributed by atoms with Crippen LogP contribution in [0.4, 0.5) is 0 Å². The summed E-state index contributed by atoms with van der Waals surface area (Å²) in [6.07, 6.45) is 4.76. The second-order valence-electron chi connectivity index (χ2n) is 5.68. The van der Waals surface area contributed by atoms with Gasteiger partial charge in [0.25, 0.3) is 0 Å². The minimum Gasteiger partial charge on any atom is -0.484 e. The maximum Gasteiger partial charge on any atom is 0.189 e. The molecule has 0 saturated carbocycles. The van der Waals surface area contributed by atoms with Gasteiger partial charge >= 0.3 is 0 Å². The summed E-state index contributed by atoms with van der Waals surface area (Å²) in [7, 11) is 0. The molecule has 0 bridgehead atoms. The smallest absolute Gasteiger partial charge is 0.189 e. The number of carbonyl (C=O) groups is 1. The molecule has 2 aromatic heterocycles. The van der Waals surface area contributed by atoms with Crippen LogP contribution in [-0.4, -0.2) is 15.6 Å². The molecule has 1 aromatic carbocycles. The highest BCUT2D eigenvalue weighted by Gasteiger charge is 2.11. The van der Waals surface area contributed by atoms with Crippen LogP contribution in [0.5, 0.6) is 5.75 Å². The van der Waals surface area contributed by atoms with Crippen LogP contribution in [0, 0.1) is 6.92 Å². The number of aryl methyl sites for hydroxylation is 1. The fraction of sp³-hybridized carbons (Fsp3) is 0.200. The minimum atomic E-state index is -0.0929. The van der Waals surface area contributed by atoms with E-state index in [-0.39, 0.29) is 5.78 Å². The molecule has 0 spiro atoms. The van der Waals surface area contributed by atoms with Gasteiger partial charge in [-0.1, -0.05) is 12.1 Å². The molecule has 3 rings (SSSR count). The van der Waals surface area contributed by atoms with Crippen molar-refractivity contribution in [3.05, 3.63) is 75.9 Å². The molecule has 0 aliphatic carbocycles. The number of ether oxygens (including phenoxy) is 1. The standard InChI is InChI=1S/C20H19BrN2O3/c1-3-23-14(2)17(12-22-23)19(24)11-10-15-8-9-16(26-15)13-25-20-7-5-4-6-18(20)21/h4-12H,3,13H2,1-2H3/b11-10+. The third-order valence-corrected chi connectivity index (χ3v) is 4.61. The SMILES string of the molecule is CCn1ncc(C(=O)/C=C/c2ccc(COc3ccccc3Br)o2)c1C. The summed E-state index contributed by atoms with van der Waals surface area (Å²) in [5.41, 5.74) is 1.47. The Morgan fingerprint density at radius 1 is 1.31 bits per heavy atom. The van der Waals surface area contributed by atoms with Crippen molar-refractivity contribution < 1.29 is 13.9 Å². The van der Waals surface area contributed by atoms with Crippen LogP contribution in [0.1, 0.15) is 34.5 Å².